The summed E-state index contributed by atoms with van der Waals surface area (Å²) in [5, 5.41) is 12.3. The Bertz CT molecular complexity index is 729. The van der Waals surface area contributed by atoms with Gasteiger partial charge in [-0.15, -0.1) is 0 Å². The topological polar surface area (TPSA) is 49.3 Å². The van der Waals surface area contributed by atoms with Crippen molar-refractivity contribution in [2.24, 2.45) is 0 Å². The van der Waals surface area contributed by atoms with Crippen LogP contribution in [0, 0.1) is 0 Å². The van der Waals surface area contributed by atoms with Gasteiger partial charge in [0, 0.05) is 6.04 Å². The number of phenols is 1. The smallest absolute Gasteiger partial charge is 0.416 e. The summed E-state index contributed by atoms with van der Waals surface area (Å²) in [6, 6.07) is 12.1. The van der Waals surface area contributed by atoms with Crippen molar-refractivity contribution >= 4 is 5.91 Å². The summed E-state index contributed by atoms with van der Waals surface area (Å²) in [4.78, 5) is 12.3. The van der Waals surface area contributed by atoms with E-state index in [0.29, 0.717) is 12.5 Å². The first-order chi connectivity index (χ1) is 11.7. The Morgan fingerprint density at radius 1 is 1.12 bits per heavy atom. The number of nitrogens with one attached hydrogen (secondary N) is 1. The summed E-state index contributed by atoms with van der Waals surface area (Å²) in [7, 11) is 0. The van der Waals surface area contributed by atoms with E-state index in [-0.39, 0.29) is 17.5 Å². The number of carbonyl (C=O) groups excluding carboxylic acids is 1. The number of hydrogen-bond donors (Lipinski definition) is 2. The molecular formula is C19H20F3NO2. The predicted octanol–water partition coefficient (Wildman–Crippen LogP) is 4.26. The van der Waals surface area contributed by atoms with Crippen molar-refractivity contribution in [2.75, 3.05) is 0 Å². The van der Waals surface area contributed by atoms with Crippen molar-refractivity contribution in [3.63, 3.8) is 0 Å². The Labute approximate surface area is 144 Å². The summed E-state index contributed by atoms with van der Waals surface area (Å²) in [5.41, 5.74) is 0.205. The van der Waals surface area contributed by atoms with Gasteiger partial charge < -0.3 is 10.4 Å². The molecule has 0 aliphatic carbocycles. The van der Waals surface area contributed by atoms with E-state index in [1.54, 1.807) is 0 Å². The maximum Gasteiger partial charge on any atom is 0.416 e. The van der Waals surface area contributed by atoms with Crippen LogP contribution in [0.4, 0.5) is 13.2 Å². The first-order valence-corrected chi connectivity index (χ1v) is 7.92. The number of aromatic hydroxyl groups is 1. The SMILES string of the molecule is CC(Cc1ccccc1)NC(=O)C(C)c1cc(O)cc(C(F)(F)F)c1. The van der Waals surface area contributed by atoms with E-state index >= 15 is 0 Å². The van der Waals surface area contributed by atoms with Crippen molar-refractivity contribution < 1.29 is 23.1 Å². The largest absolute Gasteiger partial charge is 0.508 e. The molecule has 0 saturated heterocycles. The minimum Gasteiger partial charge on any atom is -0.508 e. The maximum absolute atomic E-state index is 12.9. The molecule has 3 nitrogen and oxygen atoms in total. The number of halogens is 3. The Morgan fingerprint density at radius 2 is 1.76 bits per heavy atom. The van der Waals surface area contributed by atoms with E-state index in [9.17, 15) is 23.1 Å². The average Bonchev–Trinajstić information content (AvgIpc) is 2.53. The number of benzene rings is 2. The van der Waals surface area contributed by atoms with E-state index in [1.165, 1.54) is 13.0 Å². The highest BCUT2D eigenvalue weighted by Gasteiger charge is 2.32. The van der Waals surface area contributed by atoms with Gasteiger partial charge in [0.2, 0.25) is 5.91 Å². The first kappa shape index (κ1) is 18.8. The van der Waals surface area contributed by atoms with Gasteiger partial charge in [0.05, 0.1) is 11.5 Å². The predicted molar refractivity (Wildman–Crippen MR) is 89.3 cm³/mol. The minimum absolute atomic E-state index is 0.122. The van der Waals surface area contributed by atoms with Crippen molar-refractivity contribution in [2.45, 2.75) is 38.4 Å². The van der Waals surface area contributed by atoms with Crippen LogP contribution in [0.25, 0.3) is 0 Å². The Hall–Kier alpha value is -2.50. The molecule has 2 rings (SSSR count). The molecule has 1 amide bonds. The van der Waals surface area contributed by atoms with Crippen molar-refractivity contribution in [3.8, 4) is 5.75 Å². The van der Waals surface area contributed by atoms with Crippen LogP contribution >= 0.6 is 0 Å². The average molecular weight is 351 g/mol. The number of phenolic OH excluding ortho intramolecular Hbond substituents is 1. The maximum atomic E-state index is 12.9. The van der Waals surface area contributed by atoms with E-state index in [0.717, 1.165) is 11.6 Å². The summed E-state index contributed by atoms with van der Waals surface area (Å²) in [6.45, 7) is 3.35. The zero-order valence-electron chi connectivity index (χ0n) is 14.0. The third-order valence-electron chi connectivity index (χ3n) is 3.93. The number of hydrogen-bond acceptors (Lipinski definition) is 2. The highest BCUT2D eigenvalue weighted by molar-refractivity contribution is 5.83. The lowest BCUT2D eigenvalue weighted by Gasteiger charge is -2.19. The van der Waals surface area contributed by atoms with Gasteiger partial charge in [-0.05, 0) is 49.6 Å². The molecule has 6 heteroatoms. The van der Waals surface area contributed by atoms with Gasteiger partial charge in [0.25, 0.3) is 0 Å². The van der Waals surface area contributed by atoms with Gasteiger partial charge in [0.1, 0.15) is 5.75 Å². The second-order valence-corrected chi connectivity index (χ2v) is 6.13. The summed E-state index contributed by atoms with van der Waals surface area (Å²) >= 11 is 0. The van der Waals surface area contributed by atoms with Crippen LogP contribution in [-0.4, -0.2) is 17.1 Å². The molecule has 0 aliphatic rings. The van der Waals surface area contributed by atoms with E-state index in [1.807, 2.05) is 37.3 Å². The van der Waals surface area contributed by atoms with Crippen molar-refractivity contribution in [1.82, 2.24) is 5.32 Å². The van der Waals surface area contributed by atoms with Gasteiger partial charge in [-0.3, -0.25) is 4.79 Å². The zero-order chi connectivity index (χ0) is 18.6. The van der Waals surface area contributed by atoms with Crippen molar-refractivity contribution in [1.29, 1.82) is 0 Å². The summed E-state index contributed by atoms with van der Waals surface area (Å²) in [5.74, 6) is -1.71. The molecule has 25 heavy (non-hydrogen) atoms. The van der Waals surface area contributed by atoms with Crippen LogP contribution in [0.15, 0.2) is 48.5 Å². The molecule has 0 radical (unpaired) electrons. The van der Waals surface area contributed by atoms with Crippen LogP contribution < -0.4 is 5.32 Å². The first-order valence-electron chi connectivity index (χ1n) is 7.92. The number of alkyl halides is 3. The fraction of sp³-hybridized carbons (Fsp3) is 0.316. The lowest BCUT2D eigenvalue weighted by molar-refractivity contribution is -0.137. The van der Waals surface area contributed by atoms with Crippen LogP contribution in [-0.2, 0) is 17.4 Å². The molecule has 0 bridgehead atoms. The van der Waals surface area contributed by atoms with E-state index < -0.39 is 23.4 Å². The van der Waals surface area contributed by atoms with E-state index in [4.69, 9.17) is 0 Å². The van der Waals surface area contributed by atoms with Crippen molar-refractivity contribution in [3.05, 3.63) is 65.2 Å². The fourth-order valence-corrected chi connectivity index (χ4v) is 2.59. The van der Waals surface area contributed by atoms with Gasteiger partial charge in [-0.1, -0.05) is 30.3 Å². The van der Waals surface area contributed by atoms with Crippen LogP contribution in [0.5, 0.6) is 5.75 Å². The number of amides is 1. The molecule has 2 aromatic carbocycles. The molecule has 0 fully saturated rings. The van der Waals surface area contributed by atoms with Crippen LogP contribution in [0.2, 0.25) is 0 Å². The number of rotatable bonds is 5. The molecular weight excluding hydrogens is 331 g/mol. The van der Waals surface area contributed by atoms with E-state index in [2.05, 4.69) is 5.32 Å². The quantitative estimate of drug-likeness (QED) is 0.846. The third kappa shape index (κ3) is 5.24. The highest BCUT2D eigenvalue weighted by atomic mass is 19.4. The summed E-state index contributed by atoms with van der Waals surface area (Å²) in [6.07, 6.45) is -3.96. The second kappa shape index (κ2) is 7.59. The number of carbonyl (C=O) groups is 1. The molecule has 0 spiro atoms. The Kier molecular flexibility index (Phi) is 5.72. The normalized spacial score (nSPS) is 14.0. The lowest BCUT2D eigenvalue weighted by atomic mass is 9.97. The standard InChI is InChI=1S/C19H20F3NO2/c1-12(8-14-6-4-3-5-7-14)23-18(25)13(2)15-9-16(19(20,21)22)11-17(24)10-15/h3-7,9-13,24H,8H2,1-2H3,(H,23,25). The third-order valence-corrected chi connectivity index (χ3v) is 3.93. The molecule has 0 aromatic heterocycles. The van der Waals surface area contributed by atoms with Crippen LogP contribution in [0.3, 0.4) is 0 Å². The molecule has 2 unspecified atom stereocenters. The fourth-order valence-electron chi connectivity index (χ4n) is 2.59. The zero-order valence-corrected chi connectivity index (χ0v) is 14.0. The second-order valence-electron chi connectivity index (χ2n) is 6.13. The lowest BCUT2D eigenvalue weighted by Crippen LogP contribution is -2.36. The molecule has 2 aromatic rings. The highest BCUT2D eigenvalue weighted by Crippen LogP contribution is 2.34. The molecule has 0 saturated carbocycles. The monoisotopic (exact) mass is 351 g/mol. The molecule has 2 atom stereocenters. The Morgan fingerprint density at radius 3 is 2.36 bits per heavy atom. The molecule has 0 aliphatic heterocycles. The summed E-state index contributed by atoms with van der Waals surface area (Å²) < 4.78 is 38.6. The van der Waals surface area contributed by atoms with Gasteiger partial charge in [0.15, 0.2) is 0 Å². The van der Waals surface area contributed by atoms with Crippen LogP contribution in [0.1, 0.15) is 36.5 Å². The van der Waals surface area contributed by atoms with Gasteiger partial charge >= 0.3 is 6.18 Å². The minimum atomic E-state index is -4.58. The molecule has 2 N–H and O–H groups in total. The molecule has 134 valence electrons. The molecule has 0 heterocycles. The van der Waals surface area contributed by atoms with Gasteiger partial charge in [-0.25, -0.2) is 0 Å². The van der Waals surface area contributed by atoms with Gasteiger partial charge in [-0.2, -0.15) is 13.2 Å². The Balaban J connectivity index is 2.08.